The Labute approximate surface area is 83.3 Å². The number of carbonyl (C=O) groups excluding carboxylic acids is 1. The van der Waals surface area contributed by atoms with Crippen molar-refractivity contribution in [3.8, 4) is 0 Å². The maximum absolute atomic E-state index is 11.3. The minimum Gasteiger partial charge on any atom is -0.507 e. The first-order valence-corrected chi connectivity index (χ1v) is 4.62. The Kier molecular flexibility index (Phi) is 2.93. The highest BCUT2D eigenvalue weighted by Crippen LogP contribution is 2.21. The largest absolute Gasteiger partial charge is 0.507 e. The number of hydrogen-bond acceptors (Lipinski definition) is 4. The van der Waals surface area contributed by atoms with E-state index < -0.39 is 12.1 Å². The van der Waals surface area contributed by atoms with Crippen LogP contribution in [-0.2, 0) is 9.53 Å². The van der Waals surface area contributed by atoms with Crippen molar-refractivity contribution >= 4 is 11.7 Å². The molecular weight excluding hydrogens is 182 g/mol. The van der Waals surface area contributed by atoms with Crippen molar-refractivity contribution in [2.75, 3.05) is 0 Å². The minimum absolute atomic E-state index is 0.0168. The molecule has 0 fully saturated rings. The Morgan fingerprint density at radius 2 is 2.14 bits per heavy atom. The standard InChI is InChI=1S/C10H15NO3/c1-5(2)11-6(3)8-9(12)7(4)14-10(8)13/h5,7,12H,1-4H3/t7-/m1/s1. The van der Waals surface area contributed by atoms with E-state index in [-0.39, 0.29) is 17.4 Å². The van der Waals surface area contributed by atoms with Crippen molar-refractivity contribution in [3.63, 3.8) is 0 Å². The lowest BCUT2D eigenvalue weighted by atomic mass is 10.1. The van der Waals surface area contributed by atoms with Crippen molar-refractivity contribution in [2.45, 2.75) is 39.8 Å². The molecule has 0 saturated carbocycles. The summed E-state index contributed by atoms with van der Waals surface area (Å²) >= 11 is 0. The van der Waals surface area contributed by atoms with E-state index in [1.807, 2.05) is 13.8 Å². The Morgan fingerprint density at radius 3 is 2.50 bits per heavy atom. The number of cyclic esters (lactones) is 1. The molecule has 0 radical (unpaired) electrons. The Hall–Kier alpha value is -1.32. The molecule has 0 unspecified atom stereocenters. The molecule has 78 valence electrons. The molecule has 0 saturated heterocycles. The summed E-state index contributed by atoms with van der Waals surface area (Å²) in [5.74, 6) is -0.506. The molecule has 1 heterocycles. The van der Waals surface area contributed by atoms with Crippen LogP contribution in [0.1, 0.15) is 27.7 Å². The van der Waals surface area contributed by atoms with E-state index in [0.29, 0.717) is 5.71 Å². The van der Waals surface area contributed by atoms with Gasteiger partial charge in [-0.3, -0.25) is 4.99 Å². The number of hydrogen-bond donors (Lipinski definition) is 1. The third-order valence-corrected chi connectivity index (χ3v) is 1.94. The summed E-state index contributed by atoms with van der Waals surface area (Å²) in [4.78, 5) is 15.5. The quantitative estimate of drug-likeness (QED) is 0.540. The van der Waals surface area contributed by atoms with Gasteiger partial charge in [0.05, 0.1) is 5.71 Å². The Bertz CT molecular complexity index is 315. The van der Waals surface area contributed by atoms with E-state index in [0.717, 1.165) is 0 Å². The van der Waals surface area contributed by atoms with E-state index >= 15 is 0 Å². The molecule has 0 amide bonds. The Balaban J connectivity index is 3.03. The second-order valence-electron chi connectivity index (χ2n) is 3.62. The first-order chi connectivity index (χ1) is 6.43. The zero-order valence-electron chi connectivity index (χ0n) is 8.87. The molecule has 1 aliphatic rings. The number of esters is 1. The topological polar surface area (TPSA) is 58.9 Å². The van der Waals surface area contributed by atoms with Crippen molar-refractivity contribution in [3.05, 3.63) is 11.3 Å². The number of aliphatic imine (C=N–C) groups is 1. The van der Waals surface area contributed by atoms with Crippen LogP contribution in [0.3, 0.4) is 0 Å². The predicted octanol–water partition coefficient (Wildman–Crippen LogP) is 1.61. The second-order valence-corrected chi connectivity index (χ2v) is 3.62. The molecule has 0 aromatic carbocycles. The summed E-state index contributed by atoms with van der Waals surface area (Å²) < 4.78 is 4.84. The third kappa shape index (κ3) is 1.95. The van der Waals surface area contributed by atoms with E-state index in [1.54, 1.807) is 13.8 Å². The van der Waals surface area contributed by atoms with Crippen LogP contribution in [-0.4, -0.2) is 28.9 Å². The number of rotatable bonds is 2. The van der Waals surface area contributed by atoms with Crippen molar-refractivity contribution in [1.82, 2.24) is 0 Å². The summed E-state index contributed by atoms with van der Waals surface area (Å²) in [6.45, 7) is 7.14. The van der Waals surface area contributed by atoms with E-state index in [1.165, 1.54) is 0 Å². The summed E-state index contributed by atoms with van der Waals surface area (Å²) in [6, 6.07) is 0.0963. The number of aliphatic hydroxyl groups is 1. The van der Waals surface area contributed by atoms with E-state index in [4.69, 9.17) is 4.74 Å². The molecule has 1 atom stereocenters. The van der Waals surface area contributed by atoms with Crippen molar-refractivity contribution in [2.24, 2.45) is 4.99 Å². The summed E-state index contributed by atoms with van der Waals surface area (Å²) in [5, 5.41) is 9.56. The van der Waals surface area contributed by atoms with Gasteiger partial charge in [-0.05, 0) is 27.7 Å². The molecule has 0 aromatic heterocycles. The molecule has 0 aromatic rings. The third-order valence-electron chi connectivity index (χ3n) is 1.94. The van der Waals surface area contributed by atoms with Crippen LogP contribution in [0.2, 0.25) is 0 Å². The van der Waals surface area contributed by atoms with Gasteiger partial charge >= 0.3 is 5.97 Å². The molecule has 1 aliphatic heterocycles. The molecule has 1 rings (SSSR count). The molecule has 14 heavy (non-hydrogen) atoms. The van der Waals surface area contributed by atoms with Gasteiger partial charge in [0, 0.05) is 6.04 Å². The van der Waals surface area contributed by atoms with Crippen LogP contribution in [0.4, 0.5) is 0 Å². The maximum atomic E-state index is 11.3. The summed E-state index contributed by atoms with van der Waals surface area (Å²) in [6.07, 6.45) is -0.546. The highest BCUT2D eigenvalue weighted by atomic mass is 16.6. The number of carbonyl (C=O) groups is 1. The Morgan fingerprint density at radius 1 is 1.57 bits per heavy atom. The molecule has 0 spiro atoms. The normalized spacial score (nSPS) is 23.4. The zero-order chi connectivity index (χ0) is 10.9. The van der Waals surface area contributed by atoms with Crippen molar-refractivity contribution < 1.29 is 14.6 Å². The molecule has 4 nitrogen and oxygen atoms in total. The van der Waals surface area contributed by atoms with Crippen LogP contribution in [0.25, 0.3) is 0 Å². The fourth-order valence-corrected chi connectivity index (χ4v) is 1.37. The minimum atomic E-state index is -0.546. The van der Waals surface area contributed by atoms with Crippen LogP contribution in [0.15, 0.2) is 16.3 Å². The zero-order valence-corrected chi connectivity index (χ0v) is 8.87. The van der Waals surface area contributed by atoms with Crippen LogP contribution >= 0.6 is 0 Å². The number of aliphatic hydroxyl groups excluding tert-OH is 1. The van der Waals surface area contributed by atoms with Gasteiger partial charge in [0.1, 0.15) is 11.3 Å². The van der Waals surface area contributed by atoms with Crippen LogP contribution in [0, 0.1) is 0 Å². The average molecular weight is 197 g/mol. The maximum Gasteiger partial charge on any atom is 0.344 e. The molecule has 0 aliphatic carbocycles. The van der Waals surface area contributed by atoms with E-state index in [9.17, 15) is 9.90 Å². The van der Waals surface area contributed by atoms with Crippen molar-refractivity contribution in [1.29, 1.82) is 0 Å². The van der Waals surface area contributed by atoms with Crippen LogP contribution < -0.4 is 0 Å². The van der Waals surface area contributed by atoms with Gasteiger partial charge in [0.2, 0.25) is 0 Å². The fourth-order valence-electron chi connectivity index (χ4n) is 1.37. The van der Waals surface area contributed by atoms with Gasteiger partial charge in [0.15, 0.2) is 6.10 Å². The molecule has 1 N–H and O–H groups in total. The highest BCUT2D eigenvalue weighted by Gasteiger charge is 2.32. The van der Waals surface area contributed by atoms with Gasteiger partial charge in [-0.2, -0.15) is 0 Å². The average Bonchev–Trinajstić information content (AvgIpc) is 2.25. The molecule has 4 heteroatoms. The number of ether oxygens (including phenoxy) is 1. The molecular formula is C10H15NO3. The smallest absolute Gasteiger partial charge is 0.344 e. The SMILES string of the molecule is CC(=NC(C)C)C1=C(O)[C@@H](C)OC1=O. The summed E-state index contributed by atoms with van der Waals surface area (Å²) in [7, 11) is 0. The predicted molar refractivity (Wildman–Crippen MR) is 53.5 cm³/mol. The molecule has 0 bridgehead atoms. The lowest BCUT2D eigenvalue weighted by Gasteiger charge is -2.01. The van der Waals surface area contributed by atoms with Gasteiger partial charge in [-0.1, -0.05) is 0 Å². The second kappa shape index (κ2) is 3.82. The van der Waals surface area contributed by atoms with Gasteiger partial charge in [-0.25, -0.2) is 4.79 Å². The lowest BCUT2D eigenvalue weighted by molar-refractivity contribution is -0.139. The first-order valence-electron chi connectivity index (χ1n) is 4.62. The van der Waals surface area contributed by atoms with E-state index in [2.05, 4.69) is 4.99 Å². The van der Waals surface area contributed by atoms with Gasteiger partial charge < -0.3 is 9.84 Å². The summed E-state index contributed by atoms with van der Waals surface area (Å²) in [5.41, 5.74) is 0.748. The van der Waals surface area contributed by atoms with Gasteiger partial charge in [-0.15, -0.1) is 0 Å². The lowest BCUT2D eigenvalue weighted by Crippen LogP contribution is -2.10. The van der Waals surface area contributed by atoms with Crippen LogP contribution in [0.5, 0.6) is 0 Å². The monoisotopic (exact) mass is 197 g/mol. The fraction of sp³-hybridized carbons (Fsp3) is 0.600. The first kappa shape index (κ1) is 10.8. The van der Waals surface area contributed by atoms with Gasteiger partial charge in [0.25, 0.3) is 0 Å². The highest BCUT2D eigenvalue weighted by molar-refractivity contribution is 6.20. The number of nitrogens with zero attached hydrogens (tertiary/aromatic N) is 1.